The molecule has 1 fully saturated rings. The molecule has 3 N–H and O–H groups in total. The molecule has 25 heavy (non-hydrogen) atoms. The Morgan fingerprint density at radius 2 is 2.28 bits per heavy atom. The van der Waals surface area contributed by atoms with E-state index in [4.69, 9.17) is 20.1 Å². The number of rotatable bonds is 5. The summed E-state index contributed by atoms with van der Waals surface area (Å²) in [5.74, 6) is 0. The number of aromatic nitrogens is 2. The fourth-order valence-corrected chi connectivity index (χ4v) is 2.50. The van der Waals surface area contributed by atoms with Crippen LogP contribution in [0.1, 0.15) is 18.2 Å². The fourth-order valence-electron chi connectivity index (χ4n) is 2.26. The zero-order valence-corrected chi connectivity index (χ0v) is 13.7. The zero-order chi connectivity index (χ0) is 18.8. The van der Waals surface area contributed by atoms with E-state index in [9.17, 15) is 18.9 Å². The van der Waals surface area contributed by atoms with Crippen molar-refractivity contribution in [2.75, 3.05) is 6.61 Å². The summed E-state index contributed by atoms with van der Waals surface area (Å²) >= 11 is 0. The highest BCUT2D eigenvalue weighted by atomic mass is 31.2. The molecule has 2 heterocycles. The smallest absolute Gasteiger partial charge is 0.433 e. The molecule has 0 radical (unpaired) electrons. The topological polar surface area (TPSA) is 197 Å². The molecule has 0 aromatic carbocycles. The van der Waals surface area contributed by atoms with Crippen molar-refractivity contribution in [1.29, 1.82) is 0 Å². The van der Waals surface area contributed by atoms with Crippen molar-refractivity contribution in [1.82, 2.24) is 9.55 Å². The van der Waals surface area contributed by atoms with Crippen LogP contribution in [-0.4, -0.2) is 43.8 Å². The van der Waals surface area contributed by atoms with Gasteiger partial charge in [-0.25, -0.2) is 14.2 Å². The average molecular weight is 375 g/mol. The van der Waals surface area contributed by atoms with E-state index in [0.29, 0.717) is 0 Å². The van der Waals surface area contributed by atoms with E-state index in [1.165, 1.54) is 13.1 Å². The number of H-pyrrole nitrogens is 1. The van der Waals surface area contributed by atoms with Crippen LogP contribution in [0.3, 0.4) is 0 Å². The molecular weight excluding hydrogens is 361 g/mol. The van der Waals surface area contributed by atoms with Gasteiger partial charge in [0.15, 0.2) is 0 Å². The molecule has 1 aromatic rings. The summed E-state index contributed by atoms with van der Waals surface area (Å²) in [6, 6.07) is -0.848. The van der Waals surface area contributed by atoms with Gasteiger partial charge in [-0.1, -0.05) is 5.11 Å². The molecule has 1 aliphatic heterocycles. The quantitative estimate of drug-likeness (QED) is 0.279. The van der Waals surface area contributed by atoms with Crippen molar-refractivity contribution in [3.05, 3.63) is 43.0 Å². The number of nitrogens with zero attached hydrogens (tertiary/aromatic N) is 4. The minimum atomic E-state index is -5.06. The predicted molar refractivity (Wildman–Crippen MR) is 80.9 cm³/mol. The molecule has 3 atom stereocenters. The molecule has 13 nitrogen and oxygen atoms in total. The fraction of sp³-hybridized carbons (Fsp3) is 0.545. The van der Waals surface area contributed by atoms with Gasteiger partial charge in [-0.2, -0.15) is 0 Å². The molecular formula is C11H14N5O8P. The number of aryl methyl sites for hydroxylation is 1. The minimum absolute atomic E-state index is 0.0353. The van der Waals surface area contributed by atoms with Gasteiger partial charge in [0.25, 0.3) is 5.56 Å². The summed E-state index contributed by atoms with van der Waals surface area (Å²) in [5, 5.41) is 3.47. The van der Waals surface area contributed by atoms with Gasteiger partial charge in [-0.15, -0.1) is 0 Å². The minimum Gasteiger partial charge on any atom is -0.454 e. The SMILES string of the molecule is Cc1cn(C2CC(N=[N+]=[N-])C(COC(=O)P(=O)(O)O)O2)c(=O)[nH]c1=O. The second kappa shape index (κ2) is 7.21. The maximum absolute atomic E-state index is 11.9. The van der Waals surface area contributed by atoms with Crippen molar-refractivity contribution in [3.63, 3.8) is 0 Å². The van der Waals surface area contributed by atoms with Crippen LogP contribution in [0.4, 0.5) is 4.79 Å². The van der Waals surface area contributed by atoms with E-state index in [-0.39, 0.29) is 12.0 Å². The predicted octanol–water partition coefficient (Wildman–Crippen LogP) is 0.126. The van der Waals surface area contributed by atoms with Crippen molar-refractivity contribution >= 4 is 13.3 Å². The lowest BCUT2D eigenvalue weighted by Crippen LogP contribution is -2.33. The molecule has 3 unspecified atom stereocenters. The highest BCUT2D eigenvalue weighted by Crippen LogP contribution is 2.38. The molecule has 0 bridgehead atoms. The summed E-state index contributed by atoms with van der Waals surface area (Å²) in [6.45, 7) is 0.898. The zero-order valence-electron chi connectivity index (χ0n) is 12.8. The van der Waals surface area contributed by atoms with Crippen LogP contribution in [0, 0.1) is 6.92 Å². The first kappa shape index (κ1) is 18.9. The van der Waals surface area contributed by atoms with Crippen LogP contribution in [0.15, 0.2) is 20.9 Å². The van der Waals surface area contributed by atoms with E-state index >= 15 is 0 Å². The van der Waals surface area contributed by atoms with Gasteiger partial charge < -0.3 is 19.3 Å². The lowest BCUT2D eigenvalue weighted by atomic mass is 10.1. The number of carbonyl (C=O) groups excluding carboxylic acids is 1. The van der Waals surface area contributed by atoms with Gasteiger partial charge in [0, 0.05) is 23.1 Å². The second-order valence-electron chi connectivity index (χ2n) is 5.24. The molecule has 1 saturated heterocycles. The van der Waals surface area contributed by atoms with Gasteiger partial charge in [0.2, 0.25) is 0 Å². The molecule has 1 aliphatic rings. The summed E-state index contributed by atoms with van der Waals surface area (Å²) in [6.07, 6.45) is -0.635. The van der Waals surface area contributed by atoms with E-state index in [1.807, 2.05) is 0 Å². The Hall–Kier alpha value is -2.43. The van der Waals surface area contributed by atoms with Crippen LogP contribution in [0.2, 0.25) is 0 Å². The standard InChI is InChI=1S/C11H14N5O8P/c1-5-3-16(10(18)13-9(5)17)8-2-6(14-15-12)7(24-8)4-23-11(19)25(20,21)22/h3,6-8H,2,4H2,1H3,(H,13,17,18)(H2,20,21,22). The second-order valence-corrected chi connectivity index (χ2v) is 6.69. The molecule has 136 valence electrons. The van der Waals surface area contributed by atoms with Crippen LogP contribution >= 0.6 is 7.60 Å². The Labute approximate surface area is 139 Å². The highest BCUT2D eigenvalue weighted by molar-refractivity contribution is 7.69. The third kappa shape index (κ3) is 4.35. The molecule has 0 saturated carbocycles. The number of nitrogens with one attached hydrogen (secondary N) is 1. The Kier molecular flexibility index (Phi) is 5.45. The third-order valence-corrected chi connectivity index (χ3v) is 4.07. The number of azide groups is 1. The van der Waals surface area contributed by atoms with E-state index in [1.54, 1.807) is 0 Å². The van der Waals surface area contributed by atoms with Crippen molar-refractivity contribution in [2.24, 2.45) is 5.11 Å². The lowest BCUT2D eigenvalue weighted by Gasteiger charge is -2.16. The summed E-state index contributed by atoms with van der Waals surface area (Å²) in [7, 11) is -5.06. The van der Waals surface area contributed by atoms with Crippen LogP contribution in [0.5, 0.6) is 0 Å². The molecule has 14 heteroatoms. The van der Waals surface area contributed by atoms with E-state index in [0.717, 1.165) is 4.57 Å². The monoisotopic (exact) mass is 375 g/mol. The van der Waals surface area contributed by atoms with Gasteiger partial charge in [0.1, 0.15) is 18.9 Å². The summed E-state index contributed by atoms with van der Waals surface area (Å²) < 4.78 is 21.8. The third-order valence-electron chi connectivity index (χ3n) is 3.47. The highest BCUT2D eigenvalue weighted by Gasteiger charge is 2.38. The number of hydrogen-bond acceptors (Lipinski definition) is 7. The number of ether oxygens (including phenoxy) is 2. The van der Waals surface area contributed by atoms with Crippen LogP contribution in [0.25, 0.3) is 10.4 Å². The first-order valence-corrected chi connectivity index (χ1v) is 8.49. The molecule has 1 aromatic heterocycles. The Bertz CT molecular complexity index is 881. The van der Waals surface area contributed by atoms with E-state index < -0.39 is 49.5 Å². The number of carbonyl (C=O) groups is 1. The van der Waals surface area contributed by atoms with Gasteiger partial charge in [0.05, 0.1) is 6.04 Å². The van der Waals surface area contributed by atoms with Crippen LogP contribution < -0.4 is 11.2 Å². The number of aromatic amines is 1. The van der Waals surface area contributed by atoms with Gasteiger partial charge in [-0.3, -0.25) is 14.3 Å². The molecule has 0 amide bonds. The largest absolute Gasteiger partial charge is 0.454 e. The van der Waals surface area contributed by atoms with E-state index in [2.05, 4.69) is 19.7 Å². The lowest BCUT2D eigenvalue weighted by molar-refractivity contribution is -0.0285. The Balaban J connectivity index is 2.20. The first-order chi connectivity index (χ1) is 11.6. The van der Waals surface area contributed by atoms with Crippen molar-refractivity contribution in [3.8, 4) is 0 Å². The number of hydrogen-bond donors (Lipinski definition) is 3. The molecule has 2 rings (SSSR count). The maximum atomic E-state index is 11.9. The van der Waals surface area contributed by atoms with Gasteiger partial charge in [-0.05, 0) is 12.5 Å². The van der Waals surface area contributed by atoms with Crippen LogP contribution in [-0.2, 0) is 14.0 Å². The summed E-state index contributed by atoms with van der Waals surface area (Å²) in [4.78, 5) is 56.5. The normalized spacial score (nSPS) is 23.1. The Morgan fingerprint density at radius 3 is 2.88 bits per heavy atom. The first-order valence-electron chi connectivity index (χ1n) is 6.88. The van der Waals surface area contributed by atoms with Gasteiger partial charge >= 0.3 is 19.0 Å². The maximum Gasteiger partial charge on any atom is 0.433 e. The average Bonchev–Trinajstić information content (AvgIpc) is 2.90. The van der Waals surface area contributed by atoms with Crippen molar-refractivity contribution < 1.29 is 28.6 Å². The van der Waals surface area contributed by atoms with Crippen molar-refractivity contribution in [2.45, 2.75) is 31.7 Å². The molecule has 0 aliphatic carbocycles. The summed E-state index contributed by atoms with van der Waals surface area (Å²) in [5.41, 5.74) is 5.81. The Morgan fingerprint density at radius 1 is 1.60 bits per heavy atom. The molecule has 0 spiro atoms.